The first-order valence-electron chi connectivity index (χ1n) is 11.7. The Labute approximate surface area is 203 Å². The predicted molar refractivity (Wildman–Crippen MR) is 113 cm³/mol. The number of carbonyl (C=O) groups excluding carboxylic acids is 1. The van der Waals surface area contributed by atoms with Crippen molar-refractivity contribution in [1.29, 1.82) is 0 Å². The van der Waals surface area contributed by atoms with Gasteiger partial charge in [-0.15, -0.1) is 23.4 Å². The van der Waals surface area contributed by atoms with Crippen molar-refractivity contribution in [3.63, 3.8) is 0 Å². The summed E-state index contributed by atoms with van der Waals surface area (Å²) in [7, 11) is 0. The summed E-state index contributed by atoms with van der Waals surface area (Å²) >= 11 is 0. The monoisotopic (exact) mass is 519 g/mol. The van der Waals surface area contributed by atoms with E-state index in [-0.39, 0.29) is 49.4 Å². The standard InChI is InChI=1S/C23H26F5N3O5/c24-15-4-5-18(17(25)12-15)33-13-19(32)29-8-9-34-22(6-2-1-3-7-22)21-31-30-20(35-21)14-10-16(11-14)36-23(26,27)28/h4-5,12,14,16H,1-3,6-11,13H2,(H,29,32)/t14-,16+. The lowest BCUT2D eigenvalue weighted by molar-refractivity contribution is -0.352. The van der Waals surface area contributed by atoms with Crippen LogP contribution in [0.1, 0.15) is 62.6 Å². The average molecular weight is 519 g/mol. The molecule has 1 N–H and O–H groups in total. The minimum Gasteiger partial charge on any atom is -0.481 e. The van der Waals surface area contributed by atoms with E-state index in [4.69, 9.17) is 13.9 Å². The van der Waals surface area contributed by atoms with Gasteiger partial charge >= 0.3 is 6.36 Å². The van der Waals surface area contributed by atoms with Gasteiger partial charge in [0.15, 0.2) is 18.2 Å². The van der Waals surface area contributed by atoms with E-state index >= 15 is 0 Å². The second-order valence-electron chi connectivity index (χ2n) is 8.92. The van der Waals surface area contributed by atoms with Crippen LogP contribution in [0.5, 0.6) is 5.75 Å². The van der Waals surface area contributed by atoms with E-state index < -0.39 is 42.2 Å². The van der Waals surface area contributed by atoms with Crippen molar-refractivity contribution in [2.24, 2.45) is 0 Å². The normalized spacial score (nSPS) is 21.6. The van der Waals surface area contributed by atoms with E-state index in [1.54, 1.807) is 0 Å². The fraction of sp³-hybridized carbons (Fsp3) is 0.609. The molecule has 0 radical (unpaired) electrons. The van der Waals surface area contributed by atoms with Gasteiger partial charge in [-0.05, 0) is 37.8 Å². The van der Waals surface area contributed by atoms with Gasteiger partial charge in [-0.25, -0.2) is 8.78 Å². The summed E-state index contributed by atoms with van der Waals surface area (Å²) in [4.78, 5) is 12.0. The number of alkyl halides is 3. The molecule has 8 nitrogen and oxygen atoms in total. The van der Waals surface area contributed by atoms with Crippen LogP contribution in [0.4, 0.5) is 22.0 Å². The SMILES string of the molecule is O=C(COc1ccc(F)cc1F)NCCOC1(c2nnc([C@H]3C[C@@H](OC(F)(F)F)C3)o2)CCCCC1. The fourth-order valence-corrected chi connectivity index (χ4v) is 4.40. The van der Waals surface area contributed by atoms with E-state index in [1.807, 2.05) is 0 Å². The lowest BCUT2D eigenvalue weighted by Gasteiger charge is -2.34. The molecule has 0 atom stereocenters. The fourth-order valence-electron chi connectivity index (χ4n) is 4.40. The average Bonchev–Trinajstić information content (AvgIpc) is 3.29. The topological polar surface area (TPSA) is 95.7 Å². The molecule has 2 aliphatic carbocycles. The van der Waals surface area contributed by atoms with Gasteiger partial charge in [0.25, 0.3) is 5.91 Å². The molecule has 198 valence electrons. The van der Waals surface area contributed by atoms with Crippen LogP contribution in [0.25, 0.3) is 0 Å². The van der Waals surface area contributed by atoms with Crippen LogP contribution in [0.15, 0.2) is 22.6 Å². The number of nitrogens with zero attached hydrogens (tertiary/aromatic N) is 2. The number of hydrogen-bond acceptors (Lipinski definition) is 7. The second-order valence-corrected chi connectivity index (χ2v) is 8.92. The van der Waals surface area contributed by atoms with Crippen LogP contribution in [0, 0.1) is 11.6 Å². The maximum absolute atomic E-state index is 13.6. The molecule has 0 spiro atoms. The Bertz CT molecular complexity index is 1040. The number of ether oxygens (including phenoxy) is 3. The van der Waals surface area contributed by atoms with Crippen LogP contribution in [0.2, 0.25) is 0 Å². The predicted octanol–water partition coefficient (Wildman–Crippen LogP) is 4.50. The highest BCUT2D eigenvalue weighted by Gasteiger charge is 2.44. The van der Waals surface area contributed by atoms with Gasteiger partial charge in [-0.2, -0.15) is 0 Å². The zero-order valence-electron chi connectivity index (χ0n) is 19.3. The maximum atomic E-state index is 13.6. The molecule has 0 saturated heterocycles. The van der Waals surface area contributed by atoms with E-state index in [0.717, 1.165) is 31.4 Å². The van der Waals surface area contributed by atoms with Gasteiger partial charge in [0.05, 0.1) is 12.7 Å². The number of carbonyl (C=O) groups is 1. The van der Waals surface area contributed by atoms with Crippen LogP contribution in [-0.4, -0.2) is 48.3 Å². The first kappa shape index (κ1) is 26.3. The molecule has 2 saturated carbocycles. The Morgan fingerprint density at radius 3 is 2.58 bits per heavy atom. The summed E-state index contributed by atoms with van der Waals surface area (Å²) in [5.41, 5.74) is -0.840. The van der Waals surface area contributed by atoms with Crippen LogP contribution in [-0.2, 0) is 19.9 Å². The first-order valence-corrected chi connectivity index (χ1v) is 11.7. The zero-order valence-corrected chi connectivity index (χ0v) is 19.3. The van der Waals surface area contributed by atoms with Gasteiger partial charge in [0.2, 0.25) is 11.8 Å². The molecular weight excluding hydrogens is 493 g/mol. The number of halogens is 5. The van der Waals surface area contributed by atoms with Crippen molar-refractivity contribution in [3.8, 4) is 5.75 Å². The zero-order chi connectivity index (χ0) is 25.8. The Morgan fingerprint density at radius 2 is 1.89 bits per heavy atom. The highest BCUT2D eigenvalue weighted by Crippen LogP contribution is 2.44. The third kappa shape index (κ3) is 6.69. The molecule has 0 aliphatic heterocycles. The molecule has 2 fully saturated rings. The van der Waals surface area contributed by atoms with Gasteiger partial charge in [-0.1, -0.05) is 19.3 Å². The van der Waals surface area contributed by atoms with Crippen molar-refractivity contribution in [2.75, 3.05) is 19.8 Å². The Kier molecular flexibility index (Phi) is 8.08. The molecule has 13 heteroatoms. The second kappa shape index (κ2) is 11.1. The third-order valence-electron chi connectivity index (χ3n) is 6.29. The van der Waals surface area contributed by atoms with Gasteiger partial charge in [0.1, 0.15) is 11.4 Å². The van der Waals surface area contributed by atoms with Gasteiger partial charge < -0.3 is 19.2 Å². The summed E-state index contributed by atoms with van der Waals surface area (Å²) in [6.07, 6.45) is -1.31. The summed E-state index contributed by atoms with van der Waals surface area (Å²) < 4.78 is 84.6. The molecule has 0 bridgehead atoms. The molecule has 1 heterocycles. The van der Waals surface area contributed by atoms with E-state index in [0.29, 0.717) is 18.9 Å². The molecule has 2 aromatic rings. The van der Waals surface area contributed by atoms with Gasteiger partial charge in [0, 0.05) is 18.5 Å². The largest absolute Gasteiger partial charge is 0.522 e. The summed E-state index contributed by atoms with van der Waals surface area (Å²) in [5, 5.41) is 10.8. The molecule has 4 rings (SSSR count). The van der Waals surface area contributed by atoms with E-state index in [2.05, 4.69) is 20.3 Å². The van der Waals surface area contributed by atoms with Crippen molar-refractivity contribution >= 4 is 5.91 Å². The Morgan fingerprint density at radius 1 is 1.14 bits per heavy atom. The van der Waals surface area contributed by atoms with E-state index in [1.165, 1.54) is 0 Å². The number of benzene rings is 1. The van der Waals surface area contributed by atoms with Crippen LogP contribution < -0.4 is 10.1 Å². The van der Waals surface area contributed by atoms with Crippen molar-refractivity contribution in [1.82, 2.24) is 15.5 Å². The highest BCUT2D eigenvalue weighted by molar-refractivity contribution is 5.77. The quantitative estimate of drug-likeness (QED) is 0.365. The molecule has 1 aromatic carbocycles. The lowest BCUT2D eigenvalue weighted by atomic mass is 9.82. The van der Waals surface area contributed by atoms with E-state index in [9.17, 15) is 26.7 Å². The molecule has 1 aromatic heterocycles. The maximum Gasteiger partial charge on any atom is 0.522 e. The van der Waals surface area contributed by atoms with Crippen molar-refractivity contribution < 1.29 is 45.4 Å². The highest BCUT2D eigenvalue weighted by atomic mass is 19.4. The Hall–Kier alpha value is -2.80. The molecule has 0 unspecified atom stereocenters. The molecule has 36 heavy (non-hydrogen) atoms. The minimum atomic E-state index is -4.67. The summed E-state index contributed by atoms with van der Waals surface area (Å²) in [6, 6.07) is 2.78. The number of amides is 1. The van der Waals surface area contributed by atoms with Crippen molar-refractivity contribution in [2.45, 2.75) is 68.9 Å². The summed E-state index contributed by atoms with van der Waals surface area (Å²) in [5.74, 6) is -2.17. The van der Waals surface area contributed by atoms with Gasteiger partial charge in [-0.3, -0.25) is 9.53 Å². The number of nitrogens with one attached hydrogen (secondary N) is 1. The smallest absolute Gasteiger partial charge is 0.481 e. The lowest BCUT2D eigenvalue weighted by Crippen LogP contribution is -2.37. The Balaban J connectivity index is 1.26. The van der Waals surface area contributed by atoms with Crippen LogP contribution >= 0.6 is 0 Å². The number of aromatic nitrogens is 2. The first-order chi connectivity index (χ1) is 17.1. The third-order valence-corrected chi connectivity index (χ3v) is 6.29. The molecule has 1 amide bonds. The number of hydrogen-bond donors (Lipinski definition) is 1. The molecular formula is C23H26F5N3O5. The minimum absolute atomic E-state index is 0.124. The molecule has 2 aliphatic rings. The van der Waals surface area contributed by atoms with Crippen LogP contribution in [0.3, 0.4) is 0 Å². The van der Waals surface area contributed by atoms with Crippen molar-refractivity contribution in [3.05, 3.63) is 41.6 Å². The number of rotatable bonds is 10. The summed E-state index contributed by atoms with van der Waals surface area (Å²) in [6.45, 7) is -0.198.